The molecule has 0 aliphatic carbocycles. The Kier molecular flexibility index (Phi) is 3.90. The van der Waals surface area contributed by atoms with Crippen LogP contribution >= 0.6 is 0 Å². The highest BCUT2D eigenvalue weighted by molar-refractivity contribution is 6.00. The van der Waals surface area contributed by atoms with Gasteiger partial charge in [0, 0.05) is 11.3 Å². The number of benzene rings is 1. The van der Waals surface area contributed by atoms with Crippen LogP contribution in [0.4, 0.5) is 5.69 Å². The smallest absolute Gasteiger partial charge is 0.124 e. The molecular weight excluding hydrogens is 186 g/mol. The van der Waals surface area contributed by atoms with Gasteiger partial charge in [-0.25, -0.2) is 0 Å². The fourth-order valence-corrected chi connectivity index (χ4v) is 1.26. The van der Waals surface area contributed by atoms with Crippen LogP contribution in [0.2, 0.25) is 0 Å². The molecule has 0 amide bonds. The molecule has 0 atom stereocenters. The lowest BCUT2D eigenvalue weighted by Crippen LogP contribution is -2.17. The molecule has 3 heteroatoms. The van der Waals surface area contributed by atoms with Gasteiger partial charge in [0.1, 0.15) is 5.84 Å². The molecule has 0 unspecified atom stereocenters. The van der Waals surface area contributed by atoms with Crippen LogP contribution in [-0.4, -0.2) is 5.84 Å². The van der Waals surface area contributed by atoms with Crippen LogP contribution in [0.15, 0.2) is 18.2 Å². The molecule has 1 aromatic rings. The molecule has 0 aromatic heterocycles. The molecule has 1 aromatic carbocycles. The summed E-state index contributed by atoms with van der Waals surface area (Å²) >= 11 is 0. The van der Waals surface area contributed by atoms with Crippen LogP contribution in [-0.2, 0) is 5.41 Å². The predicted molar refractivity (Wildman–Crippen MR) is 67.3 cm³/mol. The van der Waals surface area contributed by atoms with E-state index >= 15 is 0 Å². The SMILES string of the molecule is C.CC(C)(C)c1ccc(N)c(C(=N)N)c1. The summed E-state index contributed by atoms with van der Waals surface area (Å²) in [5, 5.41) is 7.38. The standard InChI is InChI=1S/C11H17N3.CH4/c1-11(2,3)7-4-5-9(12)8(6-7)10(13)14;/h4-6H,12H2,1-3H3,(H3,13,14);1H4. The average Bonchev–Trinajstić information content (AvgIpc) is 2.02. The third-order valence-corrected chi connectivity index (χ3v) is 2.21. The first-order valence-corrected chi connectivity index (χ1v) is 4.57. The second-order valence-electron chi connectivity index (χ2n) is 4.47. The quantitative estimate of drug-likeness (QED) is 0.376. The Labute approximate surface area is 92.0 Å². The minimum absolute atomic E-state index is 0. The molecule has 15 heavy (non-hydrogen) atoms. The summed E-state index contributed by atoms with van der Waals surface area (Å²) in [5.41, 5.74) is 13.5. The predicted octanol–water partition coefficient (Wildman–Crippen LogP) is 2.49. The second kappa shape index (κ2) is 4.34. The number of amidine groups is 1. The van der Waals surface area contributed by atoms with Crippen molar-refractivity contribution >= 4 is 11.5 Å². The topological polar surface area (TPSA) is 75.9 Å². The van der Waals surface area contributed by atoms with Gasteiger partial charge in [-0.15, -0.1) is 0 Å². The first-order chi connectivity index (χ1) is 6.32. The van der Waals surface area contributed by atoms with E-state index in [-0.39, 0.29) is 18.7 Å². The molecule has 0 spiro atoms. The lowest BCUT2D eigenvalue weighted by molar-refractivity contribution is 0.590. The van der Waals surface area contributed by atoms with E-state index in [1.54, 1.807) is 6.07 Å². The van der Waals surface area contributed by atoms with E-state index in [1.165, 1.54) is 0 Å². The highest BCUT2D eigenvalue weighted by Gasteiger charge is 2.15. The molecule has 0 bridgehead atoms. The first kappa shape index (κ1) is 13.5. The number of rotatable bonds is 1. The normalized spacial score (nSPS) is 10.6. The molecular formula is C12H21N3. The number of nitrogen functional groups attached to an aromatic ring is 2. The molecule has 0 aliphatic heterocycles. The average molecular weight is 207 g/mol. The van der Waals surface area contributed by atoms with E-state index in [9.17, 15) is 0 Å². The monoisotopic (exact) mass is 207 g/mol. The van der Waals surface area contributed by atoms with Crippen molar-refractivity contribution in [2.75, 3.05) is 5.73 Å². The van der Waals surface area contributed by atoms with Crippen molar-refractivity contribution in [3.05, 3.63) is 29.3 Å². The van der Waals surface area contributed by atoms with Gasteiger partial charge in [-0.2, -0.15) is 0 Å². The van der Waals surface area contributed by atoms with Crippen LogP contribution in [0.3, 0.4) is 0 Å². The van der Waals surface area contributed by atoms with Gasteiger partial charge in [-0.1, -0.05) is 34.3 Å². The van der Waals surface area contributed by atoms with Gasteiger partial charge in [0.25, 0.3) is 0 Å². The summed E-state index contributed by atoms with van der Waals surface area (Å²) in [6, 6.07) is 5.66. The molecule has 5 N–H and O–H groups in total. The summed E-state index contributed by atoms with van der Waals surface area (Å²) in [6.07, 6.45) is 0. The highest BCUT2D eigenvalue weighted by atomic mass is 14.7. The van der Waals surface area contributed by atoms with E-state index in [0.717, 1.165) is 5.56 Å². The van der Waals surface area contributed by atoms with Crippen molar-refractivity contribution < 1.29 is 0 Å². The Bertz CT molecular complexity index is 362. The van der Waals surface area contributed by atoms with E-state index < -0.39 is 0 Å². The van der Waals surface area contributed by atoms with Crippen molar-refractivity contribution in [2.24, 2.45) is 5.73 Å². The Morgan fingerprint density at radius 3 is 2.20 bits per heavy atom. The summed E-state index contributed by atoms with van der Waals surface area (Å²) in [6.45, 7) is 6.34. The summed E-state index contributed by atoms with van der Waals surface area (Å²) in [5.74, 6) is 0.0219. The molecule has 3 nitrogen and oxygen atoms in total. The maximum atomic E-state index is 7.38. The Morgan fingerprint density at radius 2 is 1.80 bits per heavy atom. The van der Waals surface area contributed by atoms with Crippen LogP contribution in [0.25, 0.3) is 0 Å². The minimum Gasteiger partial charge on any atom is -0.398 e. The zero-order valence-electron chi connectivity index (χ0n) is 8.89. The van der Waals surface area contributed by atoms with Crippen molar-refractivity contribution in [1.82, 2.24) is 0 Å². The van der Waals surface area contributed by atoms with Gasteiger partial charge in [0.15, 0.2) is 0 Å². The number of anilines is 1. The van der Waals surface area contributed by atoms with Crippen molar-refractivity contribution in [3.8, 4) is 0 Å². The summed E-state index contributed by atoms with van der Waals surface area (Å²) < 4.78 is 0. The van der Waals surface area contributed by atoms with E-state index in [0.29, 0.717) is 11.3 Å². The van der Waals surface area contributed by atoms with Crippen LogP contribution in [0.1, 0.15) is 39.3 Å². The van der Waals surface area contributed by atoms with Crippen molar-refractivity contribution in [2.45, 2.75) is 33.6 Å². The molecule has 0 heterocycles. The maximum absolute atomic E-state index is 7.38. The maximum Gasteiger partial charge on any atom is 0.124 e. The number of nitrogens with one attached hydrogen (secondary N) is 1. The van der Waals surface area contributed by atoms with Crippen LogP contribution < -0.4 is 11.5 Å². The third kappa shape index (κ3) is 2.98. The third-order valence-electron chi connectivity index (χ3n) is 2.21. The summed E-state index contributed by atoms with van der Waals surface area (Å²) in [7, 11) is 0. The molecule has 0 fully saturated rings. The van der Waals surface area contributed by atoms with Crippen LogP contribution in [0, 0.1) is 5.41 Å². The fourth-order valence-electron chi connectivity index (χ4n) is 1.26. The van der Waals surface area contributed by atoms with Gasteiger partial charge in [-0.3, -0.25) is 5.41 Å². The Hall–Kier alpha value is -1.51. The minimum atomic E-state index is 0. The largest absolute Gasteiger partial charge is 0.398 e. The lowest BCUT2D eigenvalue weighted by Gasteiger charge is -2.20. The highest BCUT2D eigenvalue weighted by Crippen LogP contribution is 2.25. The molecule has 0 aliphatic rings. The van der Waals surface area contributed by atoms with E-state index in [1.807, 2.05) is 12.1 Å². The lowest BCUT2D eigenvalue weighted by atomic mass is 9.86. The first-order valence-electron chi connectivity index (χ1n) is 4.57. The van der Waals surface area contributed by atoms with Crippen molar-refractivity contribution in [1.29, 1.82) is 5.41 Å². The summed E-state index contributed by atoms with van der Waals surface area (Å²) in [4.78, 5) is 0. The molecule has 84 valence electrons. The van der Waals surface area contributed by atoms with Gasteiger partial charge >= 0.3 is 0 Å². The fraction of sp³-hybridized carbons (Fsp3) is 0.417. The second-order valence-corrected chi connectivity index (χ2v) is 4.47. The van der Waals surface area contributed by atoms with Crippen molar-refractivity contribution in [3.63, 3.8) is 0 Å². The van der Waals surface area contributed by atoms with Gasteiger partial charge in [0.05, 0.1) is 0 Å². The van der Waals surface area contributed by atoms with Gasteiger partial charge in [-0.05, 0) is 23.1 Å². The molecule has 0 saturated carbocycles. The zero-order chi connectivity index (χ0) is 10.9. The molecule has 0 radical (unpaired) electrons. The number of hydrogen-bond acceptors (Lipinski definition) is 2. The van der Waals surface area contributed by atoms with Crippen LogP contribution in [0.5, 0.6) is 0 Å². The van der Waals surface area contributed by atoms with E-state index in [4.69, 9.17) is 16.9 Å². The number of nitrogens with two attached hydrogens (primary N) is 2. The Morgan fingerprint density at radius 1 is 1.27 bits per heavy atom. The van der Waals surface area contributed by atoms with Gasteiger partial charge < -0.3 is 11.5 Å². The Balaban J connectivity index is 0.00000196. The molecule has 1 rings (SSSR count). The number of hydrogen-bond donors (Lipinski definition) is 3. The van der Waals surface area contributed by atoms with E-state index in [2.05, 4.69) is 20.8 Å². The zero-order valence-corrected chi connectivity index (χ0v) is 8.89. The molecule has 0 saturated heterocycles. The van der Waals surface area contributed by atoms with Gasteiger partial charge in [0.2, 0.25) is 0 Å².